The Labute approximate surface area is 221 Å². The van der Waals surface area contributed by atoms with Crippen LogP contribution in [0, 0.1) is 0 Å². The van der Waals surface area contributed by atoms with Crippen LogP contribution in [0.4, 0.5) is 5.95 Å². The van der Waals surface area contributed by atoms with E-state index >= 15 is 0 Å². The molecule has 0 aliphatic rings. The van der Waals surface area contributed by atoms with Crippen LogP contribution in [0.25, 0.3) is 0 Å². The van der Waals surface area contributed by atoms with Crippen LogP contribution in [0.1, 0.15) is 42.0 Å². The van der Waals surface area contributed by atoms with Crippen molar-refractivity contribution in [2.24, 2.45) is 0 Å². The van der Waals surface area contributed by atoms with Crippen LogP contribution in [0.5, 0.6) is 0 Å². The first-order valence-corrected chi connectivity index (χ1v) is 7.52. The molecular weight excluding hydrogens is 595 g/mol. The molecule has 0 fully saturated rings. The third-order valence-electron chi connectivity index (χ3n) is 2.77. The Morgan fingerprint density at radius 2 is 0.917 bits per heavy atom. The molecule has 0 aliphatic carbocycles. The number of nitrogens with zero attached hydrogens (tertiary/aromatic N) is 4. The van der Waals surface area contributed by atoms with Crippen molar-refractivity contribution in [2.45, 2.75) is 0 Å². The Bertz CT molecular complexity index is 930. The number of H-pyrrole nitrogens is 1. The second-order valence-electron chi connectivity index (χ2n) is 4.84. The predicted molar refractivity (Wildman–Crippen MR) is 101 cm³/mol. The SMILES string of the molecule is Nc1ncn[nH]1.O.O.O.O.O=C([O-])c1cccc(C(=O)[O-])n1.O=C([O-])c1cccc(C(=O)[O-])n1.[Cu+2].[Cu+2]. The molecule has 3 aromatic rings. The molecule has 0 aromatic carbocycles. The number of aromatic amines is 1. The van der Waals surface area contributed by atoms with E-state index in [9.17, 15) is 39.6 Å². The van der Waals surface area contributed by atoms with Gasteiger partial charge in [0.1, 0.15) is 6.33 Å². The number of carbonyl (C=O) groups excluding carboxylic acids is 4. The van der Waals surface area contributed by atoms with Gasteiger partial charge in [0.2, 0.25) is 5.95 Å². The minimum Gasteiger partial charge on any atom is -0.543 e. The predicted octanol–water partition coefficient (Wildman–Crippen LogP) is -8.30. The zero-order chi connectivity index (χ0) is 22.7. The minimum atomic E-state index is -1.52. The maximum absolute atomic E-state index is 10.2. The van der Waals surface area contributed by atoms with E-state index in [0.29, 0.717) is 5.95 Å². The van der Waals surface area contributed by atoms with Crippen molar-refractivity contribution < 1.29 is 95.6 Å². The number of carboxylic acid groups (broad SMARTS) is 4. The summed E-state index contributed by atoms with van der Waals surface area (Å²) in [5, 5.41) is 46.6. The molecule has 3 aromatic heterocycles. The zero-order valence-corrected chi connectivity index (χ0v) is 19.2. The summed E-state index contributed by atoms with van der Waals surface area (Å²) in [5.74, 6) is -5.71. The fraction of sp³-hybridized carbons (Fsp3) is 0. The van der Waals surface area contributed by atoms with Crippen LogP contribution in [0.2, 0.25) is 0 Å². The molecule has 0 amide bonds. The molecule has 0 saturated heterocycles. The van der Waals surface area contributed by atoms with Crippen LogP contribution >= 0.6 is 0 Å². The quantitative estimate of drug-likeness (QED) is 0.258. The normalized spacial score (nSPS) is 7.67. The number of rotatable bonds is 4. The second-order valence-corrected chi connectivity index (χ2v) is 4.84. The van der Waals surface area contributed by atoms with Gasteiger partial charge in [-0.3, -0.25) is 0 Å². The molecule has 20 heteroatoms. The average Bonchev–Trinajstić information content (AvgIpc) is 3.20. The van der Waals surface area contributed by atoms with Gasteiger partial charge in [-0.2, -0.15) is 5.10 Å². The molecular formula is C16H18Cu2N6O12. The second kappa shape index (κ2) is 22.8. The fourth-order valence-electron chi connectivity index (χ4n) is 1.54. The van der Waals surface area contributed by atoms with E-state index in [4.69, 9.17) is 5.73 Å². The standard InChI is InChI=1S/2C7H5NO4.C2H4N4.2Cu.4H2O/c2*9-6(10)4-2-1-3-5(8-4)7(11)12;3-2-4-1-5-6-2;;;;;;/h2*1-3H,(H,9,10)(H,11,12);1H,(H3,3,4,5,6);;;4*1H2/q;;;2*+2;;;;/p-4. The van der Waals surface area contributed by atoms with Gasteiger partial charge in [-0.1, -0.05) is 12.1 Å². The molecule has 206 valence electrons. The molecule has 2 radical (unpaired) electrons. The Morgan fingerprint density at radius 3 is 1.06 bits per heavy atom. The summed E-state index contributed by atoms with van der Waals surface area (Å²) in [7, 11) is 0. The van der Waals surface area contributed by atoms with Crippen LogP contribution in [0.3, 0.4) is 0 Å². The number of pyridine rings is 2. The average molecular weight is 613 g/mol. The maximum Gasteiger partial charge on any atom is 2.00 e. The third kappa shape index (κ3) is 16.6. The monoisotopic (exact) mass is 612 g/mol. The summed E-state index contributed by atoms with van der Waals surface area (Å²) < 4.78 is 0. The summed E-state index contributed by atoms with van der Waals surface area (Å²) in [6, 6.07) is 7.07. The number of nitrogen functional groups attached to an aromatic ring is 1. The van der Waals surface area contributed by atoms with Gasteiger partial charge < -0.3 is 67.2 Å². The van der Waals surface area contributed by atoms with Crippen molar-refractivity contribution in [3.8, 4) is 0 Å². The number of hydrogen-bond acceptors (Lipinski definition) is 13. The number of hydrogen-bond donors (Lipinski definition) is 2. The summed E-state index contributed by atoms with van der Waals surface area (Å²) in [6.07, 6.45) is 1.36. The molecule has 11 N–H and O–H groups in total. The van der Waals surface area contributed by atoms with Gasteiger partial charge in [-0.05, 0) is 24.3 Å². The molecule has 0 atom stereocenters. The van der Waals surface area contributed by atoms with Gasteiger partial charge in [0.25, 0.3) is 0 Å². The smallest absolute Gasteiger partial charge is 0.543 e. The third-order valence-corrected chi connectivity index (χ3v) is 2.77. The number of nitrogens with two attached hydrogens (primary N) is 1. The van der Waals surface area contributed by atoms with Crippen LogP contribution < -0.4 is 26.2 Å². The largest absolute Gasteiger partial charge is 2.00 e. The van der Waals surface area contributed by atoms with E-state index in [1.54, 1.807) is 0 Å². The van der Waals surface area contributed by atoms with Crippen molar-refractivity contribution in [2.75, 3.05) is 5.73 Å². The van der Waals surface area contributed by atoms with E-state index in [2.05, 4.69) is 25.1 Å². The topological polar surface area (TPSA) is 380 Å². The minimum absolute atomic E-state index is 0. The van der Waals surface area contributed by atoms with Crippen LogP contribution in [-0.4, -0.2) is 70.9 Å². The number of carbonyl (C=O) groups is 4. The van der Waals surface area contributed by atoms with E-state index in [0.717, 1.165) is 24.3 Å². The molecule has 0 unspecified atom stereocenters. The van der Waals surface area contributed by atoms with Crippen molar-refractivity contribution >= 4 is 29.8 Å². The van der Waals surface area contributed by atoms with Crippen molar-refractivity contribution in [3.63, 3.8) is 0 Å². The van der Waals surface area contributed by atoms with E-state index < -0.39 is 46.7 Å². The molecule has 0 bridgehead atoms. The number of aromatic carboxylic acids is 4. The summed E-state index contributed by atoms with van der Waals surface area (Å²) in [4.78, 5) is 50.8. The van der Waals surface area contributed by atoms with Gasteiger partial charge in [0, 0.05) is 0 Å². The number of nitrogens with one attached hydrogen (secondary N) is 1. The number of aromatic nitrogens is 5. The maximum atomic E-state index is 10.2. The van der Waals surface area contributed by atoms with Crippen molar-refractivity contribution in [1.29, 1.82) is 0 Å². The van der Waals surface area contributed by atoms with Crippen molar-refractivity contribution in [3.05, 3.63) is 65.5 Å². The van der Waals surface area contributed by atoms with Gasteiger partial charge >= 0.3 is 34.1 Å². The van der Waals surface area contributed by atoms with Gasteiger partial charge in [0.15, 0.2) is 0 Å². The van der Waals surface area contributed by atoms with Crippen molar-refractivity contribution in [1.82, 2.24) is 25.1 Å². The Balaban J connectivity index is -0.0000000900. The van der Waals surface area contributed by atoms with E-state index in [1.807, 2.05) is 0 Å². The first kappa shape index (κ1) is 45.5. The molecule has 3 heterocycles. The van der Waals surface area contributed by atoms with E-state index in [1.165, 1.54) is 18.5 Å². The van der Waals surface area contributed by atoms with E-state index in [-0.39, 0.29) is 56.0 Å². The summed E-state index contributed by atoms with van der Waals surface area (Å²) in [6.45, 7) is 0. The molecule has 36 heavy (non-hydrogen) atoms. The number of carboxylic acids is 4. The zero-order valence-electron chi connectivity index (χ0n) is 17.3. The van der Waals surface area contributed by atoms with Gasteiger partial charge in [-0.15, -0.1) is 0 Å². The van der Waals surface area contributed by atoms with Gasteiger partial charge in [-0.25, -0.2) is 20.1 Å². The fourth-order valence-corrected chi connectivity index (χ4v) is 1.54. The Kier molecular flexibility index (Phi) is 28.8. The summed E-state index contributed by atoms with van der Waals surface area (Å²) in [5.41, 5.74) is 3.37. The van der Waals surface area contributed by atoms with Crippen LogP contribution in [0.15, 0.2) is 42.7 Å². The molecule has 18 nitrogen and oxygen atoms in total. The summed E-state index contributed by atoms with van der Waals surface area (Å²) >= 11 is 0. The first-order valence-electron chi connectivity index (χ1n) is 7.52. The first-order chi connectivity index (χ1) is 14.1. The number of anilines is 1. The molecule has 0 saturated carbocycles. The molecule has 0 spiro atoms. The van der Waals surface area contributed by atoms with Crippen LogP contribution in [-0.2, 0) is 34.1 Å². The Hall–Kier alpha value is -4.00. The van der Waals surface area contributed by atoms with Gasteiger partial charge in [0.05, 0.1) is 46.7 Å². The molecule has 0 aliphatic heterocycles. The molecule has 3 rings (SSSR count). The Morgan fingerprint density at radius 1 is 0.639 bits per heavy atom.